The summed E-state index contributed by atoms with van der Waals surface area (Å²) in [6.45, 7) is 3.95. The van der Waals surface area contributed by atoms with E-state index in [1.807, 2.05) is 36.4 Å². The molecule has 0 radical (unpaired) electrons. The van der Waals surface area contributed by atoms with Crippen LogP contribution in [0.25, 0.3) is 0 Å². The number of anilines is 1. The lowest BCUT2D eigenvalue weighted by Gasteiger charge is -2.34. The van der Waals surface area contributed by atoms with Crippen LogP contribution >= 0.6 is 11.6 Å². The molecule has 0 unspecified atom stereocenters. The maximum atomic E-state index is 14.2. The van der Waals surface area contributed by atoms with E-state index in [1.54, 1.807) is 43.3 Å². The van der Waals surface area contributed by atoms with Crippen LogP contribution in [0.5, 0.6) is 11.5 Å². The minimum Gasteiger partial charge on any atom is -0.486 e. The Hall–Kier alpha value is -3.76. The highest BCUT2D eigenvalue weighted by atomic mass is 35.5. The Morgan fingerprint density at radius 1 is 0.927 bits per heavy atom. The number of halogens is 1. The van der Waals surface area contributed by atoms with E-state index >= 15 is 0 Å². The van der Waals surface area contributed by atoms with Crippen LogP contribution in [0.1, 0.15) is 25.0 Å². The van der Waals surface area contributed by atoms with E-state index < -0.39 is 28.5 Å². The van der Waals surface area contributed by atoms with E-state index in [9.17, 15) is 18.0 Å². The zero-order valence-electron chi connectivity index (χ0n) is 23.1. The average molecular weight is 600 g/mol. The minimum absolute atomic E-state index is 0.0508. The monoisotopic (exact) mass is 599 g/mol. The number of amides is 2. The lowest BCUT2D eigenvalue weighted by atomic mass is 10.0. The molecule has 0 aromatic heterocycles. The second-order valence-corrected chi connectivity index (χ2v) is 12.1. The van der Waals surface area contributed by atoms with Gasteiger partial charge in [-0.15, -0.1) is 0 Å². The van der Waals surface area contributed by atoms with Crippen molar-refractivity contribution in [1.82, 2.24) is 10.2 Å². The predicted molar refractivity (Wildman–Crippen MR) is 159 cm³/mol. The quantitative estimate of drug-likeness (QED) is 0.337. The van der Waals surface area contributed by atoms with Crippen LogP contribution in [0, 0.1) is 0 Å². The maximum Gasteiger partial charge on any atom is 0.244 e. The Morgan fingerprint density at radius 2 is 1.63 bits per heavy atom. The van der Waals surface area contributed by atoms with Gasteiger partial charge >= 0.3 is 0 Å². The van der Waals surface area contributed by atoms with Crippen molar-refractivity contribution >= 4 is 39.1 Å². The largest absolute Gasteiger partial charge is 0.486 e. The molecule has 0 spiro atoms. The van der Waals surface area contributed by atoms with Crippen molar-refractivity contribution in [3.8, 4) is 11.5 Å². The minimum atomic E-state index is -3.90. The van der Waals surface area contributed by atoms with Crippen LogP contribution < -0.4 is 19.1 Å². The summed E-state index contributed by atoms with van der Waals surface area (Å²) in [6.07, 6.45) is 0.240. The number of hydrogen-bond donors (Lipinski definition) is 1. The van der Waals surface area contributed by atoms with Crippen LogP contribution in [0.15, 0.2) is 72.8 Å². The fraction of sp³-hybridized carbons (Fsp3) is 0.333. The molecule has 1 heterocycles. The molecule has 41 heavy (non-hydrogen) atoms. The van der Waals surface area contributed by atoms with Crippen molar-refractivity contribution in [2.24, 2.45) is 0 Å². The first-order chi connectivity index (χ1) is 19.7. The van der Waals surface area contributed by atoms with Crippen LogP contribution in [0.3, 0.4) is 0 Å². The molecule has 0 aliphatic carbocycles. The average Bonchev–Trinajstić information content (AvgIpc) is 2.98. The first-order valence-corrected chi connectivity index (χ1v) is 15.5. The summed E-state index contributed by atoms with van der Waals surface area (Å²) >= 11 is 6.24. The van der Waals surface area contributed by atoms with E-state index in [0.717, 1.165) is 9.87 Å². The summed E-state index contributed by atoms with van der Waals surface area (Å²) in [5.74, 6) is -0.202. The molecule has 0 saturated carbocycles. The molecule has 1 N–H and O–H groups in total. The highest BCUT2D eigenvalue weighted by molar-refractivity contribution is 7.92. The van der Waals surface area contributed by atoms with Crippen molar-refractivity contribution in [2.45, 2.75) is 32.9 Å². The van der Waals surface area contributed by atoms with E-state index in [-0.39, 0.29) is 30.3 Å². The zero-order chi connectivity index (χ0) is 29.4. The third-order valence-electron chi connectivity index (χ3n) is 6.66. The first-order valence-electron chi connectivity index (χ1n) is 13.5. The summed E-state index contributed by atoms with van der Waals surface area (Å²) in [7, 11) is -3.90. The van der Waals surface area contributed by atoms with Gasteiger partial charge in [-0.1, -0.05) is 54.1 Å². The molecule has 1 aliphatic heterocycles. The predicted octanol–water partition coefficient (Wildman–Crippen LogP) is 4.04. The highest BCUT2D eigenvalue weighted by Crippen LogP contribution is 2.35. The summed E-state index contributed by atoms with van der Waals surface area (Å²) < 4.78 is 38.9. The standard InChI is InChI=1S/C30H34ClN3O6S/c1-3-32-30(36)26(18-22-9-6-5-7-10-22)33(20-23-11-8-12-24(31)17-23)29(35)21-34(41(37,38)4-2)25-13-14-27-28(19-25)40-16-15-39-27/h5-14,17,19,26H,3-4,15-16,18,20-21H2,1-2H3,(H,32,36)/t26-/m0/s1. The van der Waals surface area contributed by atoms with Crippen molar-refractivity contribution < 1.29 is 27.5 Å². The van der Waals surface area contributed by atoms with Gasteiger partial charge in [-0.25, -0.2) is 8.42 Å². The van der Waals surface area contributed by atoms with Gasteiger partial charge in [0, 0.05) is 30.6 Å². The van der Waals surface area contributed by atoms with Gasteiger partial charge in [-0.3, -0.25) is 13.9 Å². The molecule has 11 heteroatoms. The second-order valence-electron chi connectivity index (χ2n) is 9.49. The molecule has 9 nitrogen and oxygen atoms in total. The lowest BCUT2D eigenvalue weighted by molar-refractivity contribution is -0.140. The normalized spacial score (nSPS) is 13.2. The Morgan fingerprint density at radius 3 is 2.32 bits per heavy atom. The number of carbonyl (C=O) groups excluding carboxylic acids is 2. The fourth-order valence-corrected chi connectivity index (χ4v) is 5.85. The highest BCUT2D eigenvalue weighted by Gasteiger charge is 2.34. The van der Waals surface area contributed by atoms with Crippen molar-refractivity contribution in [3.05, 3.63) is 88.9 Å². The number of carbonyl (C=O) groups is 2. The van der Waals surface area contributed by atoms with Crippen molar-refractivity contribution in [3.63, 3.8) is 0 Å². The van der Waals surface area contributed by atoms with Crippen LogP contribution in [0.2, 0.25) is 5.02 Å². The number of likely N-dealkylation sites (N-methyl/N-ethyl adjacent to an activating group) is 1. The zero-order valence-corrected chi connectivity index (χ0v) is 24.7. The molecule has 0 fully saturated rings. The second kappa shape index (κ2) is 13.7. The van der Waals surface area contributed by atoms with E-state index in [1.165, 1.54) is 11.8 Å². The van der Waals surface area contributed by atoms with Crippen molar-refractivity contribution in [1.29, 1.82) is 0 Å². The lowest BCUT2D eigenvalue weighted by Crippen LogP contribution is -2.53. The van der Waals surface area contributed by atoms with E-state index in [4.69, 9.17) is 21.1 Å². The number of sulfonamides is 1. The van der Waals surface area contributed by atoms with Crippen LogP contribution in [-0.2, 0) is 32.6 Å². The smallest absolute Gasteiger partial charge is 0.244 e. The summed E-state index contributed by atoms with van der Waals surface area (Å²) in [4.78, 5) is 29.0. The summed E-state index contributed by atoms with van der Waals surface area (Å²) in [5, 5.41) is 3.32. The molecule has 3 aromatic rings. The van der Waals surface area contributed by atoms with Crippen molar-refractivity contribution in [2.75, 3.05) is 36.4 Å². The number of hydrogen-bond acceptors (Lipinski definition) is 6. The van der Waals surface area contributed by atoms with Gasteiger partial charge in [0.2, 0.25) is 21.8 Å². The number of nitrogens with one attached hydrogen (secondary N) is 1. The molecule has 0 bridgehead atoms. The number of rotatable bonds is 12. The Kier molecular flexibility index (Phi) is 10.1. The van der Waals surface area contributed by atoms with Crippen LogP contribution in [-0.4, -0.2) is 63.2 Å². The van der Waals surface area contributed by atoms with E-state index in [0.29, 0.717) is 41.8 Å². The molecule has 1 aliphatic rings. The Labute approximate surface area is 246 Å². The molecule has 1 atom stereocenters. The first kappa shape index (κ1) is 30.2. The maximum absolute atomic E-state index is 14.2. The molecule has 218 valence electrons. The van der Waals surface area contributed by atoms with Gasteiger partial charge in [0.05, 0.1) is 11.4 Å². The number of fused-ring (bicyclic) bond motifs is 1. The molecular weight excluding hydrogens is 566 g/mol. The number of nitrogens with zero attached hydrogens (tertiary/aromatic N) is 2. The molecule has 0 saturated heterocycles. The Bertz CT molecular complexity index is 1470. The molecule has 3 aromatic carbocycles. The van der Waals surface area contributed by atoms with Gasteiger partial charge in [0.25, 0.3) is 0 Å². The third kappa shape index (κ3) is 7.71. The number of ether oxygens (including phenoxy) is 2. The van der Waals surface area contributed by atoms with Gasteiger partial charge < -0.3 is 19.7 Å². The van der Waals surface area contributed by atoms with Gasteiger partial charge in [-0.2, -0.15) is 0 Å². The Balaban J connectivity index is 1.74. The molecule has 4 rings (SSSR count). The SMILES string of the molecule is CCNC(=O)[C@H](Cc1ccccc1)N(Cc1cccc(Cl)c1)C(=O)CN(c1ccc2c(c1)OCCO2)S(=O)(=O)CC. The summed E-state index contributed by atoms with van der Waals surface area (Å²) in [6, 6.07) is 20.3. The topological polar surface area (TPSA) is 105 Å². The summed E-state index contributed by atoms with van der Waals surface area (Å²) in [5.41, 5.74) is 1.83. The molecular formula is C30H34ClN3O6S. The van der Waals surface area contributed by atoms with Gasteiger partial charge in [0.15, 0.2) is 11.5 Å². The van der Waals surface area contributed by atoms with Gasteiger partial charge in [0.1, 0.15) is 25.8 Å². The molecule has 2 amide bonds. The van der Waals surface area contributed by atoms with E-state index in [2.05, 4.69) is 5.32 Å². The third-order valence-corrected chi connectivity index (χ3v) is 8.63. The van der Waals surface area contributed by atoms with Gasteiger partial charge in [-0.05, 0) is 49.2 Å². The van der Waals surface area contributed by atoms with Crippen LogP contribution in [0.4, 0.5) is 5.69 Å². The fourth-order valence-electron chi connectivity index (χ4n) is 4.58. The number of benzene rings is 3.